The highest BCUT2D eigenvalue weighted by Gasteiger charge is 2.79. The number of halogens is 3. The summed E-state index contributed by atoms with van der Waals surface area (Å²) in [5, 5.41) is 11.6. The van der Waals surface area contributed by atoms with E-state index in [1.165, 1.54) is 19.1 Å². The molecular formula is C30H39F3O7. The molecule has 1 N–H and O–H groups in total. The summed E-state index contributed by atoms with van der Waals surface area (Å²) < 4.78 is 62.9. The monoisotopic (exact) mass is 568 g/mol. The molecule has 0 bridgehead atoms. The van der Waals surface area contributed by atoms with Crippen molar-refractivity contribution in [1.29, 1.82) is 0 Å². The van der Waals surface area contributed by atoms with Gasteiger partial charge in [-0.25, -0.2) is 22.8 Å². The SMILES string of the molecule is C[C@@H]1CCCC[C@@H]1OC(=O)O[C@]1(C(=O)OCF)[C@H](C)C[C@H]2[C@@H]3C[C@H](F)C4=CC(=O)C=C[C@]4(C)[C@@]3(F)[C@@H](O)C[C@@]21C. The van der Waals surface area contributed by atoms with Crippen molar-refractivity contribution in [3.8, 4) is 0 Å². The lowest BCUT2D eigenvalue weighted by molar-refractivity contribution is -0.236. The molecule has 4 saturated carbocycles. The van der Waals surface area contributed by atoms with Crippen LogP contribution in [-0.4, -0.2) is 59.5 Å². The molecule has 0 aliphatic heterocycles. The Morgan fingerprint density at radius 3 is 2.50 bits per heavy atom. The van der Waals surface area contributed by atoms with Gasteiger partial charge in [-0.2, -0.15) is 0 Å². The molecule has 40 heavy (non-hydrogen) atoms. The number of fused-ring (bicyclic) bond motifs is 5. The van der Waals surface area contributed by atoms with Crippen LogP contribution < -0.4 is 0 Å². The zero-order chi connectivity index (χ0) is 29.3. The maximum Gasteiger partial charge on any atom is 0.509 e. The molecule has 11 atom stereocenters. The zero-order valence-electron chi connectivity index (χ0n) is 23.5. The number of ketones is 1. The zero-order valence-corrected chi connectivity index (χ0v) is 23.5. The summed E-state index contributed by atoms with van der Waals surface area (Å²) in [6, 6.07) is 0. The average molecular weight is 569 g/mol. The summed E-state index contributed by atoms with van der Waals surface area (Å²) in [6.07, 6.45) is 1.58. The molecule has 4 fully saturated rings. The second kappa shape index (κ2) is 9.88. The van der Waals surface area contributed by atoms with Gasteiger partial charge in [0.25, 0.3) is 0 Å². The first-order chi connectivity index (χ1) is 18.8. The van der Waals surface area contributed by atoms with Gasteiger partial charge in [-0.1, -0.05) is 33.3 Å². The smallest absolute Gasteiger partial charge is 0.431 e. The van der Waals surface area contributed by atoms with Gasteiger partial charge in [-0.3, -0.25) is 4.79 Å². The second-order valence-electron chi connectivity index (χ2n) is 13.0. The van der Waals surface area contributed by atoms with Crippen LogP contribution in [0.1, 0.15) is 72.6 Å². The van der Waals surface area contributed by atoms with Crippen LogP contribution in [0.25, 0.3) is 0 Å². The summed E-state index contributed by atoms with van der Waals surface area (Å²) >= 11 is 0. The summed E-state index contributed by atoms with van der Waals surface area (Å²) in [7, 11) is 0. The number of esters is 1. The van der Waals surface area contributed by atoms with E-state index in [1.54, 1.807) is 13.8 Å². The summed E-state index contributed by atoms with van der Waals surface area (Å²) in [5.41, 5.74) is -7.52. The number of aliphatic hydroxyl groups excluding tert-OH is 1. The molecule has 10 heteroatoms. The number of carbonyl (C=O) groups is 3. The minimum atomic E-state index is -2.37. The predicted octanol–water partition coefficient (Wildman–Crippen LogP) is 5.49. The van der Waals surface area contributed by atoms with Crippen LogP contribution in [0.15, 0.2) is 23.8 Å². The standard InChI is InChI=1S/C30H39F3O7/c1-16-7-5-6-8-23(16)39-26(37)40-30(25(36)38-15-31)17(2)11-19-20-13-22(32)21-12-18(34)9-10-27(21,3)29(20,33)24(35)14-28(19,30)4/h9-10,12,16-17,19-20,22-24,35H,5-8,11,13-15H2,1-4H3/t16-,17-,19+,20+,22+,23+,24+,27+,28+,29+,30+/m1/s1. The Morgan fingerprint density at radius 1 is 1.12 bits per heavy atom. The first kappa shape index (κ1) is 29.1. The van der Waals surface area contributed by atoms with Crippen LogP contribution in [0.2, 0.25) is 0 Å². The number of hydrogen-bond donors (Lipinski definition) is 1. The lowest BCUT2D eigenvalue weighted by atomic mass is 9.44. The second-order valence-corrected chi connectivity index (χ2v) is 13.0. The van der Waals surface area contributed by atoms with E-state index < -0.39 is 83.0 Å². The van der Waals surface area contributed by atoms with Crippen molar-refractivity contribution in [3.63, 3.8) is 0 Å². The Kier molecular flexibility index (Phi) is 7.20. The van der Waals surface area contributed by atoms with Crippen molar-refractivity contribution in [3.05, 3.63) is 23.8 Å². The van der Waals surface area contributed by atoms with Crippen molar-refractivity contribution in [2.24, 2.45) is 34.5 Å². The topological polar surface area (TPSA) is 99.1 Å². The molecule has 0 amide bonds. The molecule has 222 valence electrons. The van der Waals surface area contributed by atoms with Gasteiger partial charge >= 0.3 is 12.1 Å². The van der Waals surface area contributed by atoms with Gasteiger partial charge in [0.15, 0.2) is 11.5 Å². The fraction of sp³-hybridized carbons (Fsp3) is 0.767. The average Bonchev–Trinajstić information content (AvgIpc) is 3.10. The van der Waals surface area contributed by atoms with Crippen LogP contribution in [0.3, 0.4) is 0 Å². The molecule has 0 aromatic carbocycles. The van der Waals surface area contributed by atoms with E-state index in [-0.39, 0.29) is 30.8 Å². The quantitative estimate of drug-likeness (QED) is 0.448. The summed E-state index contributed by atoms with van der Waals surface area (Å²) in [6.45, 7) is 5.21. The van der Waals surface area contributed by atoms with Crippen molar-refractivity contribution >= 4 is 17.9 Å². The minimum Gasteiger partial charge on any atom is -0.431 e. The highest BCUT2D eigenvalue weighted by atomic mass is 19.1. The molecule has 7 nitrogen and oxygen atoms in total. The van der Waals surface area contributed by atoms with E-state index in [2.05, 4.69) is 0 Å². The van der Waals surface area contributed by atoms with Crippen molar-refractivity contribution < 1.29 is 46.9 Å². The first-order valence-electron chi connectivity index (χ1n) is 14.3. The van der Waals surface area contributed by atoms with Crippen LogP contribution in [-0.2, 0) is 23.8 Å². The lowest BCUT2D eigenvalue weighted by Gasteiger charge is -2.62. The Hall–Kier alpha value is -2.36. The van der Waals surface area contributed by atoms with Crippen LogP contribution in [0, 0.1) is 34.5 Å². The van der Waals surface area contributed by atoms with E-state index in [0.29, 0.717) is 6.42 Å². The lowest BCUT2D eigenvalue weighted by Crippen LogP contribution is -2.71. The summed E-state index contributed by atoms with van der Waals surface area (Å²) in [4.78, 5) is 38.9. The number of hydrogen-bond acceptors (Lipinski definition) is 7. The van der Waals surface area contributed by atoms with Crippen LogP contribution >= 0.6 is 0 Å². The molecule has 5 aliphatic carbocycles. The van der Waals surface area contributed by atoms with Crippen LogP contribution in [0.5, 0.6) is 0 Å². The van der Waals surface area contributed by atoms with Gasteiger partial charge < -0.3 is 19.3 Å². The van der Waals surface area contributed by atoms with Crippen molar-refractivity contribution in [2.75, 3.05) is 6.86 Å². The number of aliphatic hydroxyl groups is 1. The van der Waals surface area contributed by atoms with E-state index in [4.69, 9.17) is 14.2 Å². The van der Waals surface area contributed by atoms with Gasteiger partial charge in [0.1, 0.15) is 12.3 Å². The van der Waals surface area contributed by atoms with E-state index in [1.807, 2.05) is 6.92 Å². The third-order valence-corrected chi connectivity index (χ3v) is 11.2. The number of rotatable bonds is 4. The molecule has 0 aromatic heterocycles. The molecule has 0 radical (unpaired) electrons. The number of ether oxygens (including phenoxy) is 3. The fourth-order valence-corrected chi connectivity index (χ4v) is 9.11. The number of allylic oxidation sites excluding steroid dienone is 4. The Balaban J connectivity index is 1.55. The predicted molar refractivity (Wildman–Crippen MR) is 137 cm³/mol. The van der Waals surface area contributed by atoms with E-state index in [0.717, 1.165) is 25.3 Å². The van der Waals surface area contributed by atoms with Crippen LogP contribution in [0.4, 0.5) is 18.0 Å². The maximum absolute atomic E-state index is 17.5. The van der Waals surface area contributed by atoms with Gasteiger partial charge in [-0.15, -0.1) is 0 Å². The third-order valence-electron chi connectivity index (χ3n) is 11.2. The molecule has 0 saturated heterocycles. The van der Waals surface area contributed by atoms with Crippen molar-refractivity contribution in [2.45, 2.75) is 102 Å². The van der Waals surface area contributed by atoms with Gasteiger partial charge in [0.2, 0.25) is 12.5 Å². The van der Waals surface area contributed by atoms with Gasteiger partial charge in [0.05, 0.1) is 6.10 Å². The highest BCUT2D eigenvalue weighted by molar-refractivity contribution is 6.01. The third kappa shape index (κ3) is 3.83. The molecule has 0 unspecified atom stereocenters. The Labute approximate surface area is 232 Å². The van der Waals surface area contributed by atoms with E-state index in [9.17, 15) is 23.9 Å². The number of carbonyl (C=O) groups excluding carboxylic acids is 3. The van der Waals surface area contributed by atoms with Gasteiger partial charge in [0, 0.05) is 22.7 Å². The Morgan fingerprint density at radius 2 is 1.82 bits per heavy atom. The first-order valence-corrected chi connectivity index (χ1v) is 14.3. The minimum absolute atomic E-state index is 0.0167. The van der Waals surface area contributed by atoms with Gasteiger partial charge in [-0.05, 0) is 75.0 Å². The normalized spacial score (nSPS) is 47.9. The number of alkyl halides is 3. The van der Waals surface area contributed by atoms with Crippen molar-refractivity contribution in [1.82, 2.24) is 0 Å². The molecule has 5 rings (SSSR count). The van der Waals surface area contributed by atoms with E-state index >= 15 is 8.78 Å². The molecule has 0 spiro atoms. The highest BCUT2D eigenvalue weighted by Crippen LogP contribution is 2.71. The Bertz CT molecular complexity index is 1140. The summed E-state index contributed by atoms with van der Waals surface area (Å²) in [5.74, 6) is -4.12. The molecule has 0 heterocycles. The molecule has 5 aliphatic rings. The largest absolute Gasteiger partial charge is 0.509 e. The molecular weight excluding hydrogens is 529 g/mol. The molecule has 0 aromatic rings. The maximum atomic E-state index is 17.5. The fourth-order valence-electron chi connectivity index (χ4n) is 9.11.